The molecule has 0 saturated heterocycles. The Balaban J connectivity index is 2.05. The lowest BCUT2D eigenvalue weighted by molar-refractivity contribution is -0.116. The lowest BCUT2D eigenvalue weighted by atomic mass is 9.99. The number of fused-ring (bicyclic) bond motifs is 1. The molecule has 0 atom stereocenters. The Hall–Kier alpha value is -1.55. The maximum atomic E-state index is 11.3. The first-order chi connectivity index (χ1) is 9.06. The summed E-state index contributed by atoms with van der Waals surface area (Å²) < 4.78 is 5.68. The molecule has 0 saturated carbocycles. The van der Waals surface area contributed by atoms with Crippen LogP contribution in [0.15, 0.2) is 18.2 Å². The summed E-state index contributed by atoms with van der Waals surface area (Å²) in [6.07, 6.45) is 2.60. The van der Waals surface area contributed by atoms with Gasteiger partial charge >= 0.3 is 0 Å². The van der Waals surface area contributed by atoms with Crippen LogP contribution in [0, 0.1) is 0 Å². The highest BCUT2D eigenvalue weighted by Gasteiger charge is 2.23. The number of ether oxygens (including phenoxy) is 1. The number of anilines is 1. The zero-order valence-electron chi connectivity index (χ0n) is 11.5. The van der Waals surface area contributed by atoms with Crippen LogP contribution in [-0.4, -0.2) is 23.2 Å². The van der Waals surface area contributed by atoms with E-state index >= 15 is 0 Å². The second-order valence-electron chi connectivity index (χ2n) is 5.09. The van der Waals surface area contributed by atoms with E-state index in [4.69, 9.17) is 4.74 Å². The number of nitrogens with one attached hydrogen (secondary N) is 1. The second-order valence-corrected chi connectivity index (χ2v) is 5.09. The summed E-state index contributed by atoms with van der Waals surface area (Å²) in [6.45, 7) is 4.20. The van der Waals surface area contributed by atoms with Gasteiger partial charge in [-0.25, -0.2) is 0 Å². The molecule has 0 aliphatic carbocycles. The predicted molar refractivity (Wildman–Crippen MR) is 74.4 cm³/mol. The third-order valence-electron chi connectivity index (χ3n) is 3.80. The summed E-state index contributed by atoms with van der Waals surface area (Å²) in [5.74, 6) is 0.808. The minimum atomic E-state index is -0.760. The third-order valence-corrected chi connectivity index (χ3v) is 3.80. The standard InChI is InChI=1S/C15H21NO3/c1-3-15(18,4-2)10-19-12-6-7-13-11(9-12)5-8-14(17)16-13/h6-7,9,18H,3-5,8,10H2,1-2H3,(H,16,17). The van der Waals surface area contributed by atoms with Gasteiger partial charge in [0.25, 0.3) is 0 Å². The lowest BCUT2D eigenvalue weighted by Gasteiger charge is -2.25. The van der Waals surface area contributed by atoms with Crippen LogP contribution >= 0.6 is 0 Å². The van der Waals surface area contributed by atoms with Gasteiger partial charge in [0.15, 0.2) is 0 Å². The maximum Gasteiger partial charge on any atom is 0.224 e. The van der Waals surface area contributed by atoms with Crippen molar-refractivity contribution in [2.24, 2.45) is 0 Å². The Morgan fingerprint density at radius 1 is 1.32 bits per heavy atom. The van der Waals surface area contributed by atoms with E-state index in [0.717, 1.165) is 23.4 Å². The third kappa shape index (κ3) is 3.26. The normalized spacial score (nSPS) is 14.8. The number of aryl methyl sites for hydroxylation is 1. The Morgan fingerprint density at radius 3 is 2.74 bits per heavy atom. The van der Waals surface area contributed by atoms with Crippen LogP contribution in [0.25, 0.3) is 0 Å². The molecule has 0 aromatic heterocycles. The summed E-state index contributed by atoms with van der Waals surface area (Å²) in [4.78, 5) is 11.3. The monoisotopic (exact) mass is 263 g/mol. The SMILES string of the molecule is CCC(O)(CC)COc1ccc2c(c1)CCC(=O)N2. The van der Waals surface area contributed by atoms with Crippen LogP contribution < -0.4 is 10.1 Å². The van der Waals surface area contributed by atoms with E-state index < -0.39 is 5.60 Å². The minimum Gasteiger partial charge on any atom is -0.491 e. The van der Waals surface area contributed by atoms with Gasteiger partial charge in [0.05, 0.1) is 5.60 Å². The largest absolute Gasteiger partial charge is 0.491 e. The first-order valence-corrected chi connectivity index (χ1v) is 6.84. The number of rotatable bonds is 5. The van der Waals surface area contributed by atoms with Crippen molar-refractivity contribution in [2.75, 3.05) is 11.9 Å². The van der Waals surface area contributed by atoms with E-state index in [1.165, 1.54) is 0 Å². The average Bonchev–Trinajstić information content (AvgIpc) is 2.44. The molecule has 4 nitrogen and oxygen atoms in total. The number of hydrogen-bond acceptors (Lipinski definition) is 3. The van der Waals surface area contributed by atoms with Crippen molar-refractivity contribution < 1.29 is 14.6 Å². The fourth-order valence-electron chi connectivity index (χ4n) is 2.12. The Morgan fingerprint density at radius 2 is 2.05 bits per heavy atom. The highest BCUT2D eigenvalue weighted by atomic mass is 16.5. The number of carbonyl (C=O) groups is 1. The zero-order chi connectivity index (χ0) is 13.9. The number of hydrogen-bond donors (Lipinski definition) is 2. The molecule has 0 spiro atoms. The van der Waals surface area contributed by atoms with Gasteiger partial charge in [-0.15, -0.1) is 0 Å². The molecule has 1 aromatic rings. The van der Waals surface area contributed by atoms with Gasteiger partial charge in [0.1, 0.15) is 12.4 Å². The molecule has 104 valence electrons. The van der Waals surface area contributed by atoms with E-state index in [0.29, 0.717) is 25.9 Å². The molecule has 1 amide bonds. The molecule has 2 N–H and O–H groups in total. The van der Waals surface area contributed by atoms with E-state index in [1.807, 2.05) is 32.0 Å². The molecule has 0 fully saturated rings. The predicted octanol–water partition coefficient (Wildman–Crippen LogP) is 2.50. The summed E-state index contributed by atoms with van der Waals surface area (Å²) in [6, 6.07) is 5.63. The van der Waals surface area contributed by atoms with Gasteiger partial charge in [-0.1, -0.05) is 13.8 Å². The Labute approximate surface area is 113 Å². The molecular formula is C15H21NO3. The molecule has 0 radical (unpaired) electrons. The van der Waals surface area contributed by atoms with Crippen LogP contribution in [0.2, 0.25) is 0 Å². The van der Waals surface area contributed by atoms with Gasteiger partial charge in [-0.3, -0.25) is 4.79 Å². The van der Waals surface area contributed by atoms with E-state index in [2.05, 4.69) is 5.32 Å². The van der Waals surface area contributed by atoms with Crippen molar-refractivity contribution in [3.8, 4) is 5.75 Å². The zero-order valence-corrected chi connectivity index (χ0v) is 11.5. The smallest absolute Gasteiger partial charge is 0.224 e. The molecule has 1 aliphatic heterocycles. The fraction of sp³-hybridized carbons (Fsp3) is 0.533. The summed E-state index contributed by atoms with van der Waals surface area (Å²) in [5, 5.41) is 13.0. The van der Waals surface area contributed by atoms with Crippen LogP contribution in [0.3, 0.4) is 0 Å². The Bertz CT molecular complexity index is 466. The molecule has 2 rings (SSSR count). The first-order valence-electron chi connectivity index (χ1n) is 6.84. The first kappa shape index (κ1) is 13.9. The van der Waals surface area contributed by atoms with Gasteiger partial charge in [-0.2, -0.15) is 0 Å². The molecule has 1 heterocycles. The van der Waals surface area contributed by atoms with E-state index in [1.54, 1.807) is 0 Å². The molecule has 0 unspecified atom stereocenters. The van der Waals surface area contributed by atoms with Gasteiger partial charge in [0.2, 0.25) is 5.91 Å². The summed E-state index contributed by atoms with van der Waals surface area (Å²) in [7, 11) is 0. The second kappa shape index (κ2) is 5.61. The topological polar surface area (TPSA) is 58.6 Å². The highest BCUT2D eigenvalue weighted by Crippen LogP contribution is 2.27. The van der Waals surface area contributed by atoms with Crippen molar-refractivity contribution in [1.82, 2.24) is 0 Å². The van der Waals surface area contributed by atoms with Crippen LogP contribution in [0.1, 0.15) is 38.7 Å². The van der Waals surface area contributed by atoms with Gasteiger partial charge in [-0.05, 0) is 43.0 Å². The molecule has 19 heavy (non-hydrogen) atoms. The fourth-order valence-corrected chi connectivity index (χ4v) is 2.12. The van der Waals surface area contributed by atoms with Gasteiger partial charge < -0.3 is 15.2 Å². The van der Waals surface area contributed by atoms with Crippen molar-refractivity contribution in [3.05, 3.63) is 23.8 Å². The molecule has 4 heteroatoms. The van der Waals surface area contributed by atoms with Crippen LogP contribution in [-0.2, 0) is 11.2 Å². The van der Waals surface area contributed by atoms with Crippen molar-refractivity contribution in [1.29, 1.82) is 0 Å². The van der Waals surface area contributed by atoms with Crippen molar-refractivity contribution >= 4 is 11.6 Å². The molecule has 1 aromatic carbocycles. The van der Waals surface area contributed by atoms with E-state index in [-0.39, 0.29) is 5.91 Å². The Kier molecular flexibility index (Phi) is 4.10. The van der Waals surface area contributed by atoms with E-state index in [9.17, 15) is 9.90 Å². The van der Waals surface area contributed by atoms with Crippen LogP contribution in [0.4, 0.5) is 5.69 Å². The van der Waals surface area contributed by atoms with Gasteiger partial charge in [0, 0.05) is 12.1 Å². The van der Waals surface area contributed by atoms with Crippen LogP contribution in [0.5, 0.6) is 5.75 Å². The number of carbonyl (C=O) groups excluding carboxylic acids is 1. The molecule has 0 bridgehead atoms. The molecule has 1 aliphatic rings. The summed E-state index contributed by atoms with van der Waals surface area (Å²) in [5.41, 5.74) is 1.20. The highest BCUT2D eigenvalue weighted by molar-refractivity contribution is 5.93. The number of aliphatic hydroxyl groups is 1. The van der Waals surface area contributed by atoms with Crippen molar-refractivity contribution in [3.63, 3.8) is 0 Å². The number of benzene rings is 1. The minimum absolute atomic E-state index is 0.0625. The maximum absolute atomic E-state index is 11.3. The molecular weight excluding hydrogens is 242 g/mol. The lowest BCUT2D eigenvalue weighted by Crippen LogP contribution is -2.34. The average molecular weight is 263 g/mol. The van der Waals surface area contributed by atoms with Crippen molar-refractivity contribution in [2.45, 2.75) is 45.1 Å². The quantitative estimate of drug-likeness (QED) is 0.858. The summed E-state index contributed by atoms with van der Waals surface area (Å²) >= 11 is 0. The number of amides is 1.